The predicted molar refractivity (Wildman–Crippen MR) is 127 cm³/mol. The van der Waals surface area contributed by atoms with Gasteiger partial charge in [-0.2, -0.15) is 0 Å². The molecule has 31 heavy (non-hydrogen) atoms. The normalized spacial score (nSPS) is 11.8. The van der Waals surface area contributed by atoms with Crippen molar-refractivity contribution in [1.82, 2.24) is 0 Å². The molecule has 0 aromatic heterocycles. The topological polar surface area (TPSA) is 52.6 Å². The zero-order valence-corrected chi connectivity index (χ0v) is 19.9. The smallest absolute Gasteiger partial charge is 0.309 e. The van der Waals surface area contributed by atoms with Gasteiger partial charge >= 0.3 is 11.9 Å². The van der Waals surface area contributed by atoms with Crippen LogP contribution in [0.3, 0.4) is 0 Å². The van der Waals surface area contributed by atoms with Gasteiger partial charge in [-0.25, -0.2) is 0 Å². The first-order valence-electron chi connectivity index (χ1n) is 12.5. The highest BCUT2D eigenvalue weighted by atomic mass is 16.5. The van der Waals surface area contributed by atoms with E-state index in [9.17, 15) is 9.59 Å². The van der Waals surface area contributed by atoms with Crippen molar-refractivity contribution in [1.29, 1.82) is 0 Å². The molecule has 0 saturated heterocycles. The zero-order valence-electron chi connectivity index (χ0n) is 19.9. The number of rotatable bonds is 19. The molecular weight excluding hydrogens is 388 g/mol. The molecule has 0 amide bonds. The summed E-state index contributed by atoms with van der Waals surface area (Å²) in [4.78, 5) is 25.0. The van der Waals surface area contributed by atoms with Gasteiger partial charge in [0.05, 0.1) is 25.6 Å². The summed E-state index contributed by atoms with van der Waals surface area (Å²) in [6.45, 7) is 5.28. The van der Waals surface area contributed by atoms with Crippen molar-refractivity contribution in [3.05, 3.63) is 35.9 Å². The maximum atomic E-state index is 12.7. The third-order valence-corrected chi connectivity index (χ3v) is 5.57. The van der Waals surface area contributed by atoms with Gasteiger partial charge in [0.2, 0.25) is 0 Å². The molecule has 0 bridgehead atoms. The number of ether oxygens (including phenoxy) is 2. The number of esters is 2. The van der Waals surface area contributed by atoms with Gasteiger partial charge in [0.1, 0.15) is 0 Å². The third kappa shape index (κ3) is 14.7. The van der Waals surface area contributed by atoms with Crippen LogP contribution in [0.15, 0.2) is 30.3 Å². The first kappa shape index (κ1) is 27.2. The van der Waals surface area contributed by atoms with E-state index in [1.54, 1.807) is 0 Å². The second-order valence-corrected chi connectivity index (χ2v) is 8.51. The molecule has 0 heterocycles. The molecule has 0 saturated carbocycles. The van der Waals surface area contributed by atoms with Crippen LogP contribution < -0.4 is 0 Å². The molecule has 176 valence electrons. The number of hydrogen-bond donors (Lipinski definition) is 0. The minimum Gasteiger partial charge on any atom is -0.466 e. The van der Waals surface area contributed by atoms with Crippen LogP contribution in [-0.2, 0) is 25.5 Å². The van der Waals surface area contributed by atoms with Crippen LogP contribution in [0.5, 0.6) is 0 Å². The molecule has 0 fully saturated rings. The van der Waals surface area contributed by atoms with Crippen molar-refractivity contribution in [2.45, 2.75) is 104 Å². The first-order chi connectivity index (χ1) is 15.2. The number of carbonyl (C=O) groups is 2. The van der Waals surface area contributed by atoms with Crippen LogP contribution >= 0.6 is 0 Å². The van der Waals surface area contributed by atoms with Crippen LogP contribution in [0.1, 0.15) is 103 Å². The average molecular weight is 433 g/mol. The monoisotopic (exact) mass is 432 g/mol. The Hall–Kier alpha value is -1.84. The Morgan fingerprint density at radius 3 is 1.81 bits per heavy atom. The van der Waals surface area contributed by atoms with Gasteiger partial charge in [-0.3, -0.25) is 9.59 Å². The van der Waals surface area contributed by atoms with E-state index in [1.165, 1.54) is 51.4 Å². The molecule has 0 aliphatic heterocycles. The molecule has 1 atom stereocenters. The molecule has 0 N–H and O–H groups in total. The van der Waals surface area contributed by atoms with E-state index in [-0.39, 0.29) is 18.4 Å². The average Bonchev–Trinajstić information content (AvgIpc) is 2.78. The lowest BCUT2D eigenvalue weighted by Crippen LogP contribution is -2.24. The Bertz CT molecular complexity index is 570. The number of hydrogen-bond acceptors (Lipinski definition) is 4. The predicted octanol–water partition coefficient (Wildman–Crippen LogP) is 7.04. The van der Waals surface area contributed by atoms with Gasteiger partial charge in [-0.05, 0) is 24.8 Å². The lowest BCUT2D eigenvalue weighted by atomic mass is 9.96. The molecule has 1 aromatic carbocycles. The number of unbranched alkanes of at least 4 members (excludes halogenated alkanes) is 10. The van der Waals surface area contributed by atoms with E-state index in [4.69, 9.17) is 9.47 Å². The summed E-state index contributed by atoms with van der Waals surface area (Å²) in [5.41, 5.74) is 1.03. The SMILES string of the molecule is CCCCCCCCOC(=O)CC(Cc1ccccc1)C(=O)OCCCCCCCC. The van der Waals surface area contributed by atoms with Gasteiger partial charge in [0, 0.05) is 0 Å². The standard InChI is InChI=1S/C27H44O4/c1-3-5-7-9-11-16-20-30-26(28)23-25(22-24-18-14-13-15-19-24)27(29)31-21-17-12-10-8-6-4-2/h13-15,18-19,25H,3-12,16-17,20-23H2,1-2H3. The van der Waals surface area contributed by atoms with Crippen LogP contribution in [-0.4, -0.2) is 25.2 Å². The fourth-order valence-electron chi connectivity index (χ4n) is 3.64. The minimum absolute atomic E-state index is 0.0834. The van der Waals surface area contributed by atoms with Crippen molar-refractivity contribution < 1.29 is 19.1 Å². The summed E-state index contributed by atoms with van der Waals surface area (Å²) in [6, 6.07) is 9.81. The summed E-state index contributed by atoms with van der Waals surface area (Å²) in [6.07, 6.45) is 14.4. The highest BCUT2D eigenvalue weighted by Crippen LogP contribution is 2.16. The van der Waals surface area contributed by atoms with Gasteiger partial charge in [0.15, 0.2) is 0 Å². The van der Waals surface area contributed by atoms with E-state index in [2.05, 4.69) is 13.8 Å². The lowest BCUT2D eigenvalue weighted by molar-refractivity contribution is -0.155. The summed E-state index contributed by atoms with van der Waals surface area (Å²) < 4.78 is 10.9. The van der Waals surface area contributed by atoms with Gasteiger partial charge < -0.3 is 9.47 Å². The summed E-state index contributed by atoms with van der Waals surface area (Å²) in [5, 5.41) is 0. The fourth-order valence-corrected chi connectivity index (χ4v) is 3.64. The number of carbonyl (C=O) groups excluding carboxylic acids is 2. The lowest BCUT2D eigenvalue weighted by Gasteiger charge is -2.16. The van der Waals surface area contributed by atoms with Crippen molar-refractivity contribution in [2.75, 3.05) is 13.2 Å². The molecule has 0 aliphatic carbocycles. The molecule has 1 aromatic rings. The molecule has 4 heteroatoms. The van der Waals surface area contributed by atoms with Crippen LogP contribution in [0.25, 0.3) is 0 Å². The molecule has 0 aliphatic rings. The quantitative estimate of drug-likeness (QED) is 0.174. The summed E-state index contributed by atoms with van der Waals surface area (Å²) >= 11 is 0. The number of benzene rings is 1. The van der Waals surface area contributed by atoms with Crippen LogP contribution in [0.4, 0.5) is 0 Å². The zero-order chi connectivity index (χ0) is 22.6. The Morgan fingerprint density at radius 1 is 0.710 bits per heavy atom. The first-order valence-corrected chi connectivity index (χ1v) is 12.5. The molecule has 1 rings (SSSR count). The molecular formula is C27H44O4. The van der Waals surface area contributed by atoms with E-state index in [0.717, 1.165) is 31.2 Å². The van der Waals surface area contributed by atoms with Gasteiger partial charge in [-0.1, -0.05) is 108 Å². The Morgan fingerprint density at radius 2 is 1.23 bits per heavy atom. The molecule has 4 nitrogen and oxygen atoms in total. The van der Waals surface area contributed by atoms with Crippen molar-refractivity contribution in [2.24, 2.45) is 5.92 Å². The van der Waals surface area contributed by atoms with E-state index < -0.39 is 5.92 Å². The second-order valence-electron chi connectivity index (χ2n) is 8.51. The van der Waals surface area contributed by atoms with E-state index >= 15 is 0 Å². The van der Waals surface area contributed by atoms with E-state index in [0.29, 0.717) is 19.6 Å². The fraction of sp³-hybridized carbons (Fsp3) is 0.704. The largest absolute Gasteiger partial charge is 0.466 e. The molecule has 0 radical (unpaired) electrons. The highest BCUT2D eigenvalue weighted by molar-refractivity contribution is 5.80. The molecule has 0 spiro atoms. The van der Waals surface area contributed by atoms with Crippen molar-refractivity contribution in [3.63, 3.8) is 0 Å². The minimum atomic E-state index is -0.487. The van der Waals surface area contributed by atoms with E-state index in [1.807, 2.05) is 30.3 Å². The molecule has 1 unspecified atom stereocenters. The van der Waals surface area contributed by atoms with Crippen molar-refractivity contribution >= 4 is 11.9 Å². The Labute approximate surface area is 190 Å². The highest BCUT2D eigenvalue weighted by Gasteiger charge is 2.24. The summed E-state index contributed by atoms with van der Waals surface area (Å²) in [5.74, 6) is -1.07. The third-order valence-electron chi connectivity index (χ3n) is 5.57. The Balaban J connectivity index is 2.39. The maximum Gasteiger partial charge on any atom is 0.309 e. The van der Waals surface area contributed by atoms with Gasteiger partial charge in [0.25, 0.3) is 0 Å². The summed E-state index contributed by atoms with van der Waals surface area (Å²) in [7, 11) is 0. The second kappa shape index (κ2) is 18.9. The van der Waals surface area contributed by atoms with Crippen LogP contribution in [0, 0.1) is 5.92 Å². The Kier molecular flexibility index (Phi) is 16.6. The van der Waals surface area contributed by atoms with Gasteiger partial charge in [-0.15, -0.1) is 0 Å². The van der Waals surface area contributed by atoms with Crippen LogP contribution in [0.2, 0.25) is 0 Å². The maximum absolute atomic E-state index is 12.7. The van der Waals surface area contributed by atoms with Crippen molar-refractivity contribution in [3.8, 4) is 0 Å².